The van der Waals surface area contributed by atoms with Crippen LogP contribution in [0.15, 0.2) is 66.0 Å². The maximum absolute atomic E-state index is 13.1. The number of rotatable bonds is 5. The molecule has 0 bridgehead atoms. The van der Waals surface area contributed by atoms with Crippen molar-refractivity contribution in [3.8, 4) is 16.9 Å². The van der Waals surface area contributed by atoms with Crippen LogP contribution in [0.2, 0.25) is 0 Å². The smallest absolute Gasteiger partial charge is 0.275 e. The molecule has 0 aliphatic rings. The van der Waals surface area contributed by atoms with Crippen molar-refractivity contribution < 1.29 is 4.74 Å². The summed E-state index contributed by atoms with van der Waals surface area (Å²) in [5.41, 5.74) is 3.76. The van der Waals surface area contributed by atoms with Gasteiger partial charge < -0.3 is 4.74 Å². The highest BCUT2D eigenvalue weighted by Gasteiger charge is 2.20. The van der Waals surface area contributed by atoms with Crippen LogP contribution in [-0.4, -0.2) is 16.9 Å². The number of ether oxygens (including phenoxy) is 1. The molecule has 0 fully saturated rings. The molecule has 0 saturated carbocycles. The first-order valence-corrected chi connectivity index (χ1v) is 8.52. The Labute approximate surface area is 153 Å². The fourth-order valence-corrected chi connectivity index (χ4v) is 3.20. The van der Waals surface area contributed by atoms with E-state index < -0.39 is 0 Å². The van der Waals surface area contributed by atoms with E-state index in [1.165, 1.54) is 4.68 Å². The van der Waals surface area contributed by atoms with Gasteiger partial charge in [-0.05, 0) is 25.5 Å². The van der Waals surface area contributed by atoms with E-state index in [9.17, 15) is 4.79 Å². The highest BCUT2D eigenvalue weighted by molar-refractivity contribution is 5.79. The van der Waals surface area contributed by atoms with Crippen molar-refractivity contribution in [3.05, 3.63) is 88.4 Å². The van der Waals surface area contributed by atoms with Crippen molar-refractivity contribution in [1.29, 1.82) is 0 Å². The lowest BCUT2D eigenvalue weighted by Crippen LogP contribution is -2.30. The Hall–Kier alpha value is -3.14. The molecule has 1 heterocycles. The number of aryl methyl sites for hydroxylation is 1. The van der Waals surface area contributed by atoms with Crippen molar-refractivity contribution in [2.75, 3.05) is 7.11 Å². The molecule has 1 atom stereocenters. The SMILES string of the molecule is C=Cc1c(-c2ccccc2OC)c(C)nn(C(C)c2ccccc2)c1=O. The minimum Gasteiger partial charge on any atom is -0.496 e. The van der Waals surface area contributed by atoms with Crippen LogP contribution in [0, 0.1) is 6.92 Å². The van der Waals surface area contributed by atoms with Gasteiger partial charge in [0.25, 0.3) is 5.56 Å². The molecule has 132 valence electrons. The molecule has 26 heavy (non-hydrogen) atoms. The number of methoxy groups -OCH3 is 1. The van der Waals surface area contributed by atoms with Crippen LogP contribution in [0.3, 0.4) is 0 Å². The molecule has 0 saturated heterocycles. The first kappa shape index (κ1) is 17.7. The lowest BCUT2D eigenvalue weighted by molar-refractivity contribution is 0.416. The third-order valence-corrected chi connectivity index (χ3v) is 4.56. The Bertz CT molecular complexity index is 991. The predicted molar refractivity (Wildman–Crippen MR) is 106 cm³/mol. The first-order valence-electron chi connectivity index (χ1n) is 8.52. The summed E-state index contributed by atoms with van der Waals surface area (Å²) in [6.45, 7) is 7.74. The van der Waals surface area contributed by atoms with Gasteiger partial charge in [-0.1, -0.05) is 61.2 Å². The second kappa shape index (κ2) is 7.40. The second-order valence-corrected chi connectivity index (χ2v) is 6.11. The summed E-state index contributed by atoms with van der Waals surface area (Å²) in [5, 5.41) is 4.61. The molecule has 4 heteroatoms. The zero-order valence-electron chi connectivity index (χ0n) is 15.3. The van der Waals surface area contributed by atoms with Gasteiger partial charge in [0, 0.05) is 11.1 Å². The maximum atomic E-state index is 13.1. The molecule has 0 amide bonds. The van der Waals surface area contributed by atoms with E-state index in [0.29, 0.717) is 11.3 Å². The molecular formula is C22H22N2O2. The summed E-state index contributed by atoms with van der Waals surface area (Å²) in [6, 6.07) is 17.3. The third-order valence-electron chi connectivity index (χ3n) is 4.56. The quantitative estimate of drug-likeness (QED) is 0.684. The van der Waals surface area contributed by atoms with Gasteiger partial charge in [-0.3, -0.25) is 4.79 Å². The monoisotopic (exact) mass is 346 g/mol. The molecule has 0 N–H and O–H groups in total. The topological polar surface area (TPSA) is 44.1 Å². The Morgan fingerprint density at radius 1 is 1.12 bits per heavy atom. The van der Waals surface area contributed by atoms with Crippen LogP contribution in [0.1, 0.15) is 29.8 Å². The fraction of sp³-hybridized carbons (Fsp3) is 0.182. The average Bonchev–Trinajstić information content (AvgIpc) is 2.69. The van der Waals surface area contributed by atoms with Gasteiger partial charge in [-0.2, -0.15) is 5.10 Å². The van der Waals surface area contributed by atoms with Crippen LogP contribution < -0.4 is 10.3 Å². The van der Waals surface area contributed by atoms with Gasteiger partial charge in [-0.15, -0.1) is 0 Å². The average molecular weight is 346 g/mol. The van der Waals surface area contributed by atoms with Crippen LogP contribution >= 0.6 is 0 Å². The minimum absolute atomic E-state index is 0.164. The molecular weight excluding hydrogens is 324 g/mol. The van der Waals surface area contributed by atoms with E-state index in [1.807, 2.05) is 68.4 Å². The zero-order valence-corrected chi connectivity index (χ0v) is 15.3. The predicted octanol–water partition coefficient (Wildman–Crippen LogP) is 4.48. The summed E-state index contributed by atoms with van der Waals surface area (Å²) in [5.74, 6) is 0.703. The van der Waals surface area contributed by atoms with Gasteiger partial charge in [0.1, 0.15) is 5.75 Å². The largest absolute Gasteiger partial charge is 0.496 e. The second-order valence-electron chi connectivity index (χ2n) is 6.11. The molecule has 4 nitrogen and oxygen atoms in total. The molecule has 2 aromatic carbocycles. The maximum Gasteiger partial charge on any atom is 0.275 e. The van der Waals surface area contributed by atoms with E-state index in [-0.39, 0.29) is 11.6 Å². The summed E-state index contributed by atoms with van der Waals surface area (Å²) >= 11 is 0. The number of para-hydroxylation sites is 1. The lowest BCUT2D eigenvalue weighted by atomic mass is 9.98. The fourth-order valence-electron chi connectivity index (χ4n) is 3.20. The molecule has 3 rings (SSSR count). The molecule has 0 aliphatic heterocycles. The number of benzene rings is 2. The van der Waals surface area contributed by atoms with Gasteiger partial charge in [0.15, 0.2) is 0 Å². The van der Waals surface area contributed by atoms with Gasteiger partial charge >= 0.3 is 0 Å². The van der Waals surface area contributed by atoms with E-state index in [2.05, 4.69) is 11.7 Å². The minimum atomic E-state index is -0.173. The summed E-state index contributed by atoms with van der Waals surface area (Å²) in [7, 11) is 1.62. The van der Waals surface area contributed by atoms with Crippen molar-refractivity contribution in [1.82, 2.24) is 9.78 Å². The molecule has 1 unspecified atom stereocenters. The summed E-state index contributed by atoms with van der Waals surface area (Å²) in [4.78, 5) is 13.1. The molecule has 0 aliphatic carbocycles. The van der Waals surface area contributed by atoms with Crippen LogP contribution in [0.5, 0.6) is 5.75 Å². The third kappa shape index (κ3) is 3.06. The highest BCUT2D eigenvalue weighted by atomic mass is 16.5. The molecule has 3 aromatic rings. The van der Waals surface area contributed by atoms with Crippen molar-refractivity contribution in [2.24, 2.45) is 0 Å². The van der Waals surface area contributed by atoms with Gasteiger partial charge in [-0.25, -0.2) is 4.68 Å². The van der Waals surface area contributed by atoms with Crippen molar-refractivity contribution >= 4 is 6.08 Å². The number of hydrogen-bond acceptors (Lipinski definition) is 3. The van der Waals surface area contributed by atoms with E-state index in [0.717, 1.165) is 22.4 Å². The Balaban J connectivity index is 2.23. The van der Waals surface area contributed by atoms with E-state index in [1.54, 1.807) is 13.2 Å². The number of aromatic nitrogens is 2. The Kier molecular flexibility index (Phi) is 5.03. The zero-order chi connectivity index (χ0) is 18.7. The standard InChI is InChI=1S/C22H22N2O2/c1-5-18-21(19-13-9-10-14-20(19)26-4)15(2)23-24(22(18)25)16(3)17-11-7-6-8-12-17/h5-14,16H,1H2,2-4H3. The summed E-state index contributed by atoms with van der Waals surface area (Å²) in [6.07, 6.45) is 1.60. The molecule has 0 radical (unpaired) electrons. The summed E-state index contributed by atoms with van der Waals surface area (Å²) < 4.78 is 7.00. The molecule has 1 aromatic heterocycles. The van der Waals surface area contributed by atoms with Crippen molar-refractivity contribution in [2.45, 2.75) is 19.9 Å². The van der Waals surface area contributed by atoms with Gasteiger partial charge in [0.05, 0.1) is 24.4 Å². The first-order chi connectivity index (χ1) is 12.6. The Morgan fingerprint density at radius 2 is 1.77 bits per heavy atom. The van der Waals surface area contributed by atoms with E-state index >= 15 is 0 Å². The highest BCUT2D eigenvalue weighted by Crippen LogP contribution is 2.33. The van der Waals surface area contributed by atoms with Crippen LogP contribution in [0.4, 0.5) is 0 Å². The normalized spacial score (nSPS) is 11.8. The van der Waals surface area contributed by atoms with Gasteiger partial charge in [0.2, 0.25) is 0 Å². The van der Waals surface area contributed by atoms with Crippen molar-refractivity contribution in [3.63, 3.8) is 0 Å². The number of nitrogens with zero attached hydrogens (tertiary/aromatic N) is 2. The van der Waals surface area contributed by atoms with Crippen LogP contribution in [0.25, 0.3) is 17.2 Å². The lowest BCUT2D eigenvalue weighted by Gasteiger charge is -2.19. The number of hydrogen-bond donors (Lipinski definition) is 0. The van der Waals surface area contributed by atoms with Crippen LogP contribution in [-0.2, 0) is 0 Å². The Morgan fingerprint density at radius 3 is 2.42 bits per heavy atom. The molecule has 0 spiro atoms. The van der Waals surface area contributed by atoms with E-state index in [4.69, 9.17) is 4.74 Å².